The van der Waals surface area contributed by atoms with Crippen LogP contribution >= 0.6 is 0 Å². The second kappa shape index (κ2) is 6.50. The molecule has 6 heteroatoms. The van der Waals surface area contributed by atoms with Crippen LogP contribution in [0.25, 0.3) is 0 Å². The minimum Gasteiger partial charge on any atom is -0.297 e. The summed E-state index contributed by atoms with van der Waals surface area (Å²) in [4.78, 5) is 18.0. The Hall–Kier alpha value is -2.21. The van der Waals surface area contributed by atoms with Gasteiger partial charge in [-0.15, -0.1) is 0 Å². The van der Waals surface area contributed by atoms with Crippen molar-refractivity contribution in [2.45, 2.75) is 13.0 Å². The van der Waals surface area contributed by atoms with E-state index >= 15 is 0 Å². The van der Waals surface area contributed by atoms with Crippen molar-refractivity contribution in [3.05, 3.63) is 65.2 Å². The average Bonchev–Trinajstić information content (AvgIpc) is 2.51. The number of nitrogens with zero attached hydrogens (tertiary/aromatic N) is 2. The number of likely N-dealkylation sites (tertiary alicyclic amines) is 1. The van der Waals surface area contributed by atoms with Crippen molar-refractivity contribution in [2.75, 3.05) is 13.1 Å². The van der Waals surface area contributed by atoms with E-state index in [0.29, 0.717) is 25.2 Å². The zero-order valence-corrected chi connectivity index (χ0v) is 12.3. The normalized spacial score (nSPS) is 15.7. The molecule has 0 saturated carbocycles. The monoisotopic (exact) mass is 320 g/mol. The molecule has 0 unspecified atom stereocenters. The van der Waals surface area contributed by atoms with Gasteiger partial charge < -0.3 is 0 Å². The third-order valence-corrected chi connectivity index (χ3v) is 3.93. The van der Waals surface area contributed by atoms with Crippen LogP contribution in [0.4, 0.5) is 13.2 Å². The Labute approximate surface area is 131 Å². The lowest BCUT2D eigenvalue weighted by Gasteiger charge is -2.38. The number of pyridine rings is 1. The maximum atomic E-state index is 12.9. The van der Waals surface area contributed by atoms with Crippen molar-refractivity contribution in [1.29, 1.82) is 0 Å². The summed E-state index contributed by atoms with van der Waals surface area (Å²) in [6, 6.07) is 8.49. The topological polar surface area (TPSA) is 33.2 Å². The summed E-state index contributed by atoms with van der Waals surface area (Å²) in [6.07, 6.45) is -1.12. The zero-order valence-electron chi connectivity index (χ0n) is 12.3. The van der Waals surface area contributed by atoms with Gasteiger partial charge in [-0.1, -0.05) is 6.07 Å². The van der Waals surface area contributed by atoms with Gasteiger partial charge in [0.2, 0.25) is 0 Å². The molecule has 2 aromatic rings. The van der Waals surface area contributed by atoms with Crippen LogP contribution in [0.1, 0.15) is 28.0 Å². The molecule has 0 radical (unpaired) electrons. The molecule has 3 rings (SSSR count). The van der Waals surface area contributed by atoms with Crippen LogP contribution in [0, 0.1) is 11.7 Å². The molecular weight excluding hydrogens is 305 g/mol. The van der Waals surface area contributed by atoms with Crippen LogP contribution in [0.15, 0.2) is 42.6 Å². The van der Waals surface area contributed by atoms with Crippen LogP contribution in [-0.4, -0.2) is 28.8 Å². The van der Waals surface area contributed by atoms with E-state index in [2.05, 4.69) is 4.98 Å². The van der Waals surface area contributed by atoms with Gasteiger partial charge in [-0.25, -0.2) is 13.2 Å². The molecule has 0 aliphatic carbocycles. The quantitative estimate of drug-likeness (QED) is 0.791. The Morgan fingerprint density at radius 2 is 1.87 bits per heavy atom. The van der Waals surface area contributed by atoms with Crippen molar-refractivity contribution in [1.82, 2.24) is 9.88 Å². The number of halogens is 3. The molecular formula is C17H15F3N2O. The number of benzene rings is 1. The van der Waals surface area contributed by atoms with Crippen LogP contribution in [0.2, 0.25) is 0 Å². The molecule has 1 fully saturated rings. The van der Waals surface area contributed by atoms with Gasteiger partial charge in [-0.3, -0.25) is 14.7 Å². The second-order valence-electron chi connectivity index (χ2n) is 5.65. The molecule has 0 N–H and O–H groups in total. The lowest BCUT2D eigenvalue weighted by atomic mass is 9.90. The smallest absolute Gasteiger partial charge is 0.280 e. The maximum Gasteiger partial charge on any atom is 0.280 e. The van der Waals surface area contributed by atoms with Gasteiger partial charge >= 0.3 is 0 Å². The molecule has 0 atom stereocenters. The van der Waals surface area contributed by atoms with Gasteiger partial charge in [0.25, 0.3) is 6.43 Å². The van der Waals surface area contributed by atoms with Gasteiger partial charge in [0.05, 0.1) is 0 Å². The highest BCUT2D eigenvalue weighted by atomic mass is 19.3. The minimum atomic E-state index is -2.56. The molecule has 2 heterocycles. The fourth-order valence-corrected chi connectivity index (χ4v) is 2.63. The Bertz CT molecular complexity index is 680. The molecule has 23 heavy (non-hydrogen) atoms. The highest BCUT2D eigenvalue weighted by Crippen LogP contribution is 2.23. The fraction of sp³-hybridized carbons (Fsp3) is 0.294. The number of ketones is 1. The first-order valence-corrected chi connectivity index (χ1v) is 7.28. The van der Waals surface area contributed by atoms with E-state index in [4.69, 9.17) is 0 Å². The predicted molar refractivity (Wildman–Crippen MR) is 78.7 cm³/mol. The van der Waals surface area contributed by atoms with Crippen LogP contribution in [-0.2, 0) is 6.54 Å². The van der Waals surface area contributed by atoms with Crippen molar-refractivity contribution >= 4 is 5.78 Å². The maximum absolute atomic E-state index is 12.9. The number of carbonyl (C=O) groups excluding carboxylic acids is 1. The van der Waals surface area contributed by atoms with E-state index in [-0.39, 0.29) is 23.2 Å². The van der Waals surface area contributed by atoms with Gasteiger partial charge in [0.1, 0.15) is 11.5 Å². The lowest BCUT2D eigenvalue weighted by Crippen LogP contribution is -2.49. The summed E-state index contributed by atoms with van der Waals surface area (Å²) in [6.45, 7) is 1.78. The molecule has 1 aromatic carbocycles. The summed E-state index contributed by atoms with van der Waals surface area (Å²) in [5.41, 5.74) is 1.11. The third-order valence-electron chi connectivity index (χ3n) is 3.93. The standard InChI is InChI=1S/C17H15F3N2O/c18-14-4-2-12(3-5-14)16(23)13-9-22(10-13)8-11-1-6-15(17(19)20)21-7-11/h1-7,13,17H,8-10H2. The molecule has 1 aliphatic heterocycles. The molecule has 0 bridgehead atoms. The van der Waals surface area contributed by atoms with Gasteiger partial charge in [0, 0.05) is 37.3 Å². The molecule has 1 aromatic heterocycles. The Morgan fingerprint density at radius 3 is 2.43 bits per heavy atom. The summed E-state index contributed by atoms with van der Waals surface area (Å²) in [5.74, 6) is -0.460. The van der Waals surface area contributed by atoms with E-state index < -0.39 is 6.43 Å². The summed E-state index contributed by atoms with van der Waals surface area (Å²) in [7, 11) is 0. The number of aromatic nitrogens is 1. The molecule has 0 spiro atoms. The summed E-state index contributed by atoms with van der Waals surface area (Å²) < 4.78 is 37.7. The molecule has 3 nitrogen and oxygen atoms in total. The lowest BCUT2D eigenvalue weighted by molar-refractivity contribution is 0.0595. The number of carbonyl (C=O) groups is 1. The molecule has 0 amide bonds. The van der Waals surface area contributed by atoms with Crippen LogP contribution in [0.5, 0.6) is 0 Å². The van der Waals surface area contributed by atoms with Crippen molar-refractivity contribution < 1.29 is 18.0 Å². The Kier molecular flexibility index (Phi) is 4.43. The number of hydrogen-bond acceptors (Lipinski definition) is 3. The van der Waals surface area contributed by atoms with E-state index in [1.54, 1.807) is 6.07 Å². The first-order chi connectivity index (χ1) is 11.0. The van der Waals surface area contributed by atoms with E-state index in [0.717, 1.165) is 5.56 Å². The molecule has 1 aliphatic rings. The number of alkyl halides is 2. The molecule has 1 saturated heterocycles. The van der Waals surface area contributed by atoms with E-state index in [1.165, 1.54) is 36.5 Å². The van der Waals surface area contributed by atoms with Gasteiger partial charge in [0.15, 0.2) is 5.78 Å². The SMILES string of the molecule is O=C(c1ccc(F)cc1)C1CN(Cc2ccc(C(F)F)nc2)C1. The van der Waals surface area contributed by atoms with Crippen LogP contribution in [0.3, 0.4) is 0 Å². The van der Waals surface area contributed by atoms with Crippen molar-refractivity contribution in [2.24, 2.45) is 5.92 Å². The largest absolute Gasteiger partial charge is 0.297 e. The van der Waals surface area contributed by atoms with Gasteiger partial charge in [-0.2, -0.15) is 0 Å². The minimum absolute atomic E-state index is 0.00687. The van der Waals surface area contributed by atoms with E-state index in [9.17, 15) is 18.0 Å². The Balaban J connectivity index is 1.52. The predicted octanol–water partition coefficient (Wildman–Crippen LogP) is 3.47. The highest BCUT2D eigenvalue weighted by Gasteiger charge is 2.32. The van der Waals surface area contributed by atoms with Crippen molar-refractivity contribution in [3.63, 3.8) is 0 Å². The number of hydrogen-bond donors (Lipinski definition) is 0. The highest BCUT2D eigenvalue weighted by molar-refractivity contribution is 5.98. The summed E-state index contributed by atoms with van der Waals surface area (Å²) >= 11 is 0. The Morgan fingerprint density at radius 1 is 1.17 bits per heavy atom. The van der Waals surface area contributed by atoms with Crippen molar-refractivity contribution in [3.8, 4) is 0 Å². The second-order valence-corrected chi connectivity index (χ2v) is 5.65. The first kappa shape index (κ1) is 15.7. The molecule has 120 valence electrons. The average molecular weight is 320 g/mol. The zero-order chi connectivity index (χ0) is 16.4. The fourth-order valence-electron chi connectivity index (χ4n) is 2.63. The summed E-state index contributed by atoms with van der Waals surface area (Å²) in [5, 5.41) is 0. The van der Waals surface area contributed by atoms with Crippen LogP contribution < -0.4 is 0 Å². The number of rotatable bonds is 5. The third kappa shape index (κ3) is 3.59. The first-order valence-electron chi connectivity index (χ1n) is 7.28. The number of Topliss-reactive ketones (excluding diaryl/α,β-unsaturated/α-hetero) is 1. The van der Waals surface area contributed by atoms with E-state index in [1.807, 2.05) is 4.90 Å². The van der Waals surface area contributed by atoms with Gasteiger partial charge in [-0.05, 0) is 35.9 Å².